The predicted octanol–water partition coefficient (Wildman–Crippen LogP) is 0.788. The van der Waals surface area contributed by atoms with Crippen molar-refractivity contribution in [1.82, 2.24) is 15.4 Å². The lowest BCUT2D eigenvalue weighted by molar-refractivity contribution is -0.136. The van der Waals surface area contributed by atoms with Crippen LogP contribution in [0.15, 0.2) is 24.3 Å². The summed E-state index contributed by atoms with van der Waals surface area (Å²) >= 11 is 0. The summed E-state index contributed by atoms with van der Waals surface area (Å²) in [6, 6.07) is 6.22. The van der Waals surface area contributed by atoms with Gasteiger partial charge in [-0.05, 0) is 25.0 Å². The molecule has 9 heteroatoms. The van der Waals surface area contributed by atoms with Crippen LogP contribution in [0.1, 0.15) is 31.4 Å². The number of carboxylic acids is 1. The summed E-state index contributed by atoms with van der Waals surface area (Å²) in [6.07, 6.45) is -0.164. The van der Waals surface area contributed by atoms with E-state index in [1.807, 2.05) is 0 Å². The van der Waals surface area contributed by atoms with Gasteiger partial charge < -0.3 is 15.7 Å². The molecule has 0 aromatic heterocycles. The van der Waals surface area contributed by atoms with Crippen molar-refractivity contribution in [1.29, 1.82) is 0 Å². The average Bonchev–Trinajstić information content (AvgIpc) is 2.44. The summed E-state index contributed by atoms with van der Waals surface area (Å²) < 4.78 is 26.6. The Morgan fingerprint density at radius 3 is 2.33 bits per heavy atom. The molecular weight excluding hydrogens is 334 g/mol. The zero-order valence-electron chi connectivity index (χ0n) is 13.7. The van der Waals surface area contributed by atoms with Gasteiger partial charge in [-0.3, -0.25) is 4.79 Å². The Hall–Kier alpha value is -2.13. The van der Waals surface area contributed by atoms with Gasteiger partial charge in [0.15, 0.2) is 0 Å². The van der Waals surface area contributed by atoms with E-state index >= 15 is 0 Å². The monoisotopic (exact) mass is 357 g/mol. The number of carbonyl (C=O) groups excluding carboxylic acids is 1. The summed E-state index contributed by atoms with van der Waals surface area (Å²) in [7, 11) is -3.46. The van der Waals surface area contributed by atoms with Crippen LogP contribution in [0.25, 0.3) is 0 Å². The summed E-state index contributed by atoms with van der Waals surface area (Å²) in [6.45, 7) is 3.65. The molecule has 0 spiro atoms. The molecule has 0 atom stereocenters. The second kappa shape index (κ2) is 9.24. The summed E-state index contributed by atoms with van der Waals surface area (Å²) in [5, 5.41) is 13.5. The molecule has 0 saturated carbocycles. The van der Waals surface area contributed by atoms with E-state index in [0.717, 1.165) is 0 Å². The Labute approximate surface area is 141 Å². The maximum atomic E-state index is 12.0. The van der Waals surface area contributed by atoms with Crippen molar-refractivity contribution >= 4 is 22.0 Å². The normalized spacial score (nSPS) is 11.3. The van der Waals surface area contributed by atoms with E-state index < -0.39 is 22.0 Å². The Morgan fingerprint density at radius 2 is 1.75 bits per heavy atom. The molecule has 134 valence electrons. The summed E-state index contributed by atoms with van der Waals surface area (Å²) in [5.74, 6) is -1.17. The molecule has 1 aromatic carbocycles. The number of urea groups is 1. The van der Waals surface area contributed by atoms with Crippen molar-refractivity contribution in [2.45, 2.75) is 38.6 Å². The zero-order valence-corrected chi connectivity index (χ0v) is 14.5. The van der Waals surface area contributed by atoms with Gasteiger partial charge in [0.05, 0.1) is 12.2 Å². The first-order valence-electron chi connectivity index (χ1n) is 7.50. The number of benzene rings is 1. The van der Waals surface area contributed by atoms with Crippen LogP contribution in [0.4, 0.5) is 4.79 Å². The summed E-state index contributed by atoms with van der Waals surface area (Å²) in [5.41, 5.74) is 1.27. The number of carboxylic acid groups (broad SMARTS) is 1. The Morgan fingerprint density at radius 1 is 1.12 bits per heavy atom. The van der Waals surface area contributed by atoms with Crippen LogP contribution in [0.3, 0.4) is 0 Å². The van der Waals surface area contributed by atoms with Gasteiger partial charge in [-0.1, -0.05) is 24.3 Å². The van der Waals surface area contributed by atoms with Crippen LogP contribution in [0.5, 0.6) is 0 Å². The SMILES string of the molecule is CC(C)NS(=O)(=O)Cc1ccccc1CNC(=O)NCCC(=O)O. The first kappa shape index (κ1) is 19.9. The standard InChI is InChI=1S/C15H23N3O5S/c1-11(2)18-24(22,23)10-13-6-4-3-5-12(13)9-17-15(21)16-8-7-14(19)20/h3-6,11,18H,7-10H2,1-2H3,(H,19,20)(H2,16,17,21). The van der Waals surface area contributed by atoms with Gasteiger partial charge in [0.2, 0.25) is 10.0 Å². The molecule has 0 heterocycles. The maximum absolute atomic E-state index is 12.0. The molecule has 0 saturated heterocycles. The first-order chi connectivity index (χ1) is 11.2. The van der Waals surface area contributed by atoms with Gasteiger partial charge >= 0.3 is 12.0 Å². The number of hydrogen-bond acceptors (Lipinski definition) is 4. The number of aliphatic carboxylic acids is 1. The molecule has 0 aliphatic carbocycles. The van der Waals surface area contributed by atoms with Crippen LogP contribution in [0.2, 0.25) is 0 Å². The van der Waals surface area contributed by atoms with Gasteiger partial charge in [0.25, 0.3) is 0 Å². The largest absolute Gasteiger partial charge is 0.481 e. The molecule has 0 fully saturated rings. The number of amides is 2. The topological polar surface area (TPSA) is 125 Å². The van der Waals surface area contributed by atoms with E-state index in [4.69, 9.17) is 5.11 Å². The minimum Gasteiger partial charge on any atom is -0.481 e. The van der Waals surface area contributed by atoms with E-state index in [2.05, 4.69) is 15.4 Å². The second-order valence-electron chi connectivity index (χ2n) is 5.55. The van der Waals surface area contributed by atoms with Crippen LogP contribution in [-0.4, -0.2) is 38.1 Å². The smallest absolute Gasteiger partial charge is 0.315 e. The molecule has 0 aliphatic rings. The minimum absolute atomic E-state index is 0.0233. The van der Waals surface area contributed by atoms with Crippen molar-refractivity contribution in [2.75, 3.05) is 6.54 Å². The van der Waals surface area contributed by atoms with E-state index in [1.165, 1.54) is 0 Å². The molecular formula is C15H23N3O5S. The van der Waals surface area contributed by atoms with Crippen LogP contribution < -0.4 is 15.4 Å². The number of sulfonamides is 1. The fourth-order valence-corrected chi connectivity index (χ4v) is 3.49. The van der Waals surface area contributed by atoms with Gasteiger partial charge in [-0.25, -0.2) is 17.9 Å². The van der Waals surface area contributed by atoms with Gasteiger partial charge in [-0.15, -0.1) is 0 Å². The number of rotatable bonds is 9. The quantitative estimate of drug-likeness (QED) is 0.520. The molecule has 0 bridgehead atoms. The van der Waals surface area contributed by atoms with E-state index in [1.54, 1.807) is 38.1 Å². The Balaban J connectivity index is 2.63. The fourth-order valence-electron chi connectivity index (χ4n) is 2.00. The van der Waals surface area contributed by atoms with Gasteiger partial charge in [0.1, 0.15) is 0 Å². The Bertz CT molecular complexity index is 673. The van der Waals surface area contributed by atoms with E-state index in [0.29, 0.717) is 11.1 Å². The highest BCUT2D eigenvalue weighted by Gasteiger charge is 2.15. The minimum atomic E-state index is -3.46. The zero-order chi connectivity index (χ0) is 18.2. The van der Waals surface area contributed by atoms with Crippen molar-refractivity contribution in [3.8, 4) is 0 Å². The number of hydrogen-bond donors (Lipinski definition) is 4. The van der Waals surface area contributed by atoms with Gasteiger partial charge in [-0.2, -0.15) is 0 Å². The fraction of sp³-hybridized carbons (Fsp3) is 0.467. The molecule has 4 N–H and O–H groups in total. The van der Waals surface area contributed by atoms with Crippen LogP contribution in [-0.2, 0) is 27.1 Å². The van der Waals surface area contributed by atoms with Crippen molar-refractivity contribution in [3.63, 3.8) is 0 Å². The van der Waals surface area contributed by atoms with Gasteiger partial charge in [0, 0.05) is 19.1 Å². The third-order valence-electron chi connectivity index (χ3n) is 2.94. The van der Waals surface area contributed by atoms with Crippen LogP contribution >= 0.6 is 0 Å². The van der Waals surface area contributed by atoms with Crippen molar-refractivity contribution in [2.24, 2.45) is 0 Å². The van der Waals surface area contributed by atoms with Crippen LogP contribution in [0, 0.1) is 0 Å². The highest BCUT2D eigenvalue weighted by atomic mass is 32.2. The third kappa shape index (κ3) is 7.93. The highest BCUT2D eigenvalue weighted by Crippen LogP contribution is 2.12. The lowest BCUT2D eigenvalue weighted by Gasteiger charge is -2.13. The Kier molecular flexibility index (Phi) is 7.66. The average molecular weight is 357 g/mol. The molecule has 1 rings (SSSR count). The lowest BCUT2D eigenvalue weighted by Crippen LogP contribution is -2.36. The van der Waals surface area contributed by atoms with Crippen molar-refractivity contribution < 1.29 is 23.1 Å². The maximum Gasteiger partial charge on any atom is 0.315 e. The molecule has 0 radical (unpaired) electrons. The second-order valence-corrected chi connectivity index (χ2v) is 7.31. The molecule has 0 unspecified atom stereocenters. The number of carbonyl (C=O) groups is 2. The highest BCUT2D eigenvalue weighted by molar-refractivity contribution is 7.88. The van der Waals surface area contributed by atoms with Crippen molar-refractivity contribution in [3.05, 3.63) is 35.4 Å². The molecule has 1 aromatic rings. The number of nitrogens with one attached hydrogen (secondary N) is 3. The first-order valence-corrected chi connectivity index (χ1v) is 9.15. The summed E-state index contributed by atoms with van der Waals surface area (Å²) in [4.78, 5) is 22.0. The molecule has 8 nitrogen and oxygen atoms in total. The third-order valence-corrected chi connectivity index (χ3v) is 4.46. The van der Waals surface area contributed by atoms with E-state index in [9.17, 15) is 18.0 Å². The lowest BCUT2D eigenvalue weighted by atomic mass is 10.1. The molecule has 2 amide bonds. The van der Waals surface area contributed by atoms with E-state index in [-0.39, 0.29) is 31.3 Å². The molecule has 24 heavy (non-hydrogen) atoms. The predicted molar refractivity (Wildman–Crippen MR) is 89.8 cm³/mol. The molecule has 0 aliphatic heterocycles.